The fraction of sp³-hybridized carbons (Fsp3) is 0.917. The fourth-order valence-electron chi connectivity index (χ4n) is 2.14. The lowest BCUT2D eigenvalue weighted by molar-refractivity contribution is -0.134. The van der Waals surface area contributed by atoms with E-state index in [-0.39, 0.29) is 17.9 Å². The first-order chi connectivity index (χ1) is 7.54. The van der Waals surface area contributed by atoms with Crippen molar-refractivity contribution >= 4 is 5.91 Å². The van der Waals surface area contributed by atoms with Crippen molar-refractivity contribution in [2.45, 2.75) is 39.2 Å². The van der Waals surface area contributed by atoms with E-state index in [9.17, 15) is 9.90 Å². The molecule has 1 aliphatic heterocycles. The number of nitrogens with zero attached hydrogens (tertiary/aromatic N) is 1. The molecule has 0 radical (unpaired) electrons. The van der Waals surface area contributed by atoms with Crippen molar-refractivity contribution < 1.29 is 9.90 Å². The van der Waals surface area contributed by atoms with Crippen LogP contribution in [0.2, 0.25) is 0 Å². The molecular weight excluding hydrogens is 204 g/mol. The number of carbonyl (C=O) groups is 1. The third-order valence-electron chi connectivity index (χ3n) is 3.50. The van der Waals surface area contributed by atoms with Crippen molar-refractivity contribution in [2.24, 2.45) is 17.6 Å². The molecule has 94 valence electrons. The van der Waals surface area contributed by atoms with Gasteiger partial charge in [0.15, 0.2) is 0 Å². The zero-order valence-corrected chi connectivity index (χ0v) is 10.4. The Morgan fingerprint density at radius 2 is 2.00 bits per heavy atom. The van der Waals surface area contributed by atoms with E-state index in [4.69, 9.17) is 5.73 Å². The highest BCUT2D eigenvalue weighted by molar-refractivity contribution is 5.76. The number of nitrogens with two attached hydrogens (primary N) is 1. The van der Waals surface area contributed by atoms with Gasteiger partial charge in [0.25, 0.3) is 0 Å². The first-order valence-electron chi connectivity index (χ1n) is 6.20. The Morgan fingerprint density at radius 3 is 2.44 bits per heavy atom. The van der Waals surface area contributed by atoms with E-state index < -0.39 is 0 Å². The van der Waals surface area contributed by atoms with Crippen molar-refractivity contribution in [3.63, 3.8) is 0 Å². The summed E-state index contributed by atoms with van der Waals surface area (Å²) in [6.45, 7) is 5.96. The number of rotatable bonds is 4. The van der Waals surface area contributed by atoms with Crippen LogP contribution >= 0.6 is 0 Å². The lowest BCUT2D eigenvalue weighted by Gasteiger charge is -2.33. The second-order valence-corrected chi connectivity index (χ2v) is 5.00. The van der Waals surface area contributed by atoms with Gasteiger partial charge in [0.2, 0.25) is 5.91 Å². The molecule has 1 amide bonds. The Hall–Kier alpha value is -0.610. The average molecular weight is 228 g/mol. The topological polar surface area (TPSA) is 66.6 Å². The maximum atomic E-state index is 11.9. The third-order valence-corrected chi connectivity index (χ3v) is 3.50. The molecule has 2 atom stereocenters. The van der Waals surface area contributed by atoms with Crippen LogP contribution in [0.3, 0.4) is 0 Å². The molecule has 1 fully saturated rings. The highest BCUT2D eigenvalue weighted by Crippen LogP contribution is 2.21. The quantitative estimate of drug-likeness (QED) is 0.740. The van der Waals surface area contributed by atoms with Gasteiger partial charge in [0, 0.05) is 19.5 Å². The third kappa shape index (κ3) is 3.76. The van der Waals surface area contributed by atoms with E-state index in [1.165, 1.54) is 0 Å². The van der Waals surface area contributed by atoms with E-state index in [0.29, 0.717) is 18.9 Å². The summed E-state index contributed by atoms with van der Waals surface area (Å²) in [5.41, 5.74) is 5.51. The van der Waals surface area contributed by atoms with E-state index in [2.05, 4.69) is 0 Å². The highest BCUT2D eigenvalue weighted by Gasteiger charge is 2.25. The molecule has 3 N–H and O–H groups in total. The summed E-state index contributed by atoms with van der Waals surface area (Å²) in [6.07, 6.45) is 2.14. The van der Waals surface area contributed by atoms with Gasteiger partial charge in [-0.3, -0.25) is 4.79 Å². The van der Waals surface area contributed by atoms with E-state index >= 15 is 0 Å². The molecule has 1 heterocycles. The molecule has 0 bridgehead atoms. The number of hydrogen-bond acceptors (Lipinski definition) is 3. The molecule has 0 spiro atoms. The highest BCUT2D eigenvalue weighted by atomic mass is 16.3. The Balaban J connectivity index is 2.33. The monoisotopic (exact) mass is 228 g/mol. The molecule has 4 nitrogen and oxygen atoms in total. The van der Waals surface area contributed by atoms with Gasteiger partial charge in [0.05, 0.1) is 6.10 Å². The number of carbonyl (C=O) groups excluding carboxylic acids is 1. The number of amides is 1. The van der Waals surface area contributed by atoms with Crippen LogP contribution in [0.5, 0.6) is 0 Å². The summed E-state index contributed by atoms with van der Waals surface area (Å²) in [5.74, 6) is 0.833. The van der Waals surface area contributed by atoms with Crippen LogP contribution in [0, 0.1) is 11.8 Å². The number of piperidine rings is 1. The number of likely N-dealkylation sites (tertiary alicyclic amines) is 1. The number of hydrogen-bond donors (Lipinski definition) is 2. The molecule has 0 aromatic rings. The second kappa shape index (κ2) is 6.21. The predicted molar refractivity (Wildman–Crippen MR) is 63.8 cm³/mol. The van der Waals surface area contributed by atoms with E-state index in [1.807, 2.05) is 18.7 Å². The minimum atomic E-state index is -0.250. The minimum Gasteiger partial charge on any atom is -0.393 e. The summed E-state index contributed by atoms with van der Waals surface area (Å²) in [7, 11) is 0. The normalized spacial score (nSPS) is 21.9. The van der Waals surface area contributed by atoms with Crippen LogP contribution in [0.1, 0.15) is 33.1 Å². The van der Waals surface area contributed by atoms with Gasteiger partial charge in [0.1, 0.15) is 0 Å². The molecular formula is C12H24N2O2. The lowest BCUT2D eigenvalue weighted by Crippen LogP contribution is -2.41. The summed E-state index contributed by atoms with van der Waals surface area (Å²) in [6, 6.07) is 0. The van der Waals surface area contributed by atoms with Crippen LogP contribution in [0.4, 0.5) is 0 Å². The van der Waals surface area contributed by atoms with Crippen molar-refractivity contribution in [2.75, 3.05) is 19.6 Å². The van der Waals surface area contributed by atoms with Gasteiger partial charge in [-0.25, -0.2) is 0 Å². The average Bonchev–Trinajstić information content (AvgIpc) is 2.28. The van der Waals surface area contributed by atoms with Gasteiger partial charge in [-0.1, -0.05) is 6.92 Å². The molecule has 16 heavy (non-hydrogen) atoms. The Labute approximate surface area is 97.8 Å². The Morgan fingerprint density at radius 1 is 1.44 bits per heavy atom. The van der Waals surface area contributed by atoms with Crippen LogP contribution in [0.15, 0.2) is 0 Å². The smallest absolute Gasteiger partial charge is 0.222 e. The van der Waals surface area contributed by atoms with Gasteiger partial charge in [-0.15, -0.1) is 0 Å². The second-order valence-electron chi connectivity index (χ2n) is 5.00. The van der Waals surface area contributed by atoms with Crippen LogP contribution in [0.25, 0.3) is 0 Å². The molecule has 0 aromatic heterocycles. The van der Waals surface area contributed by atoms with Crippen molar-refractivity contribution in [1.29, 1.82) is 0 Å². The van der Waals surface area contributed by atoms with Crippen LogP contribution in [-0.2, 0) is 4.79 Å². The molecule has 0 saturated carbocycles. The Kier molecular flexibility index (Phi) is 5.22. The summed E-state index contributed by atoms with van der Waals surface area (Å²) in [4.78, 5) is 13.8. The largest absolute Gasteiger partial charge is 0.393 e. The number of aliphatic hydroxyl groups excluding tert-OH is 1. The molecule has 4 heteroatoms. The maximum Gasteiger partial charge on any atom is 0.222 e. The predicted octanol–water partition coefficient (Wildman–Crippen LogP) is 0.591. The molecule has 1 saturated heterocycles. The standard InChI is InChI=1S/C12H24N2O2/c1-9(8-13)7-12(16)14-5-3-11(4-6-14)10(2)15/h9-11,15H,3-8,13H2,1-2H3. The van der Waals surface area contributed by atoms with Crippen LogP contribution in [-0.4, -0.2) is 41.7 Å². The summed E-state index contributed by atoms with van der Waals surface area (Å²) < 4.78 is 0. The Bertz CT molecular complexity index is 223. The lowest BCUT2D eigenvalue weighted by atomic mass is 9.92. The summed E-state index contributed by atoms with van der Waals surface area (Å²) >= 11 is 0. The zero-order valence-electron chi connectivity index (χ0n) is 10.4. The fourth-order valence-corrected chi connectivity index (χ4v) is 2.14. The molecule has 2 unspecified atom stereocenters. The van der Waals surface area contributed by atoms with Gasteiger partial charge < -0.3 is 15.7 Å². The van der Waals surface area contributed by atoms with Crippen molar-refractivity contribution in [1.82, 2.24) is 4.90 Å². The van der Waals surface area contributed by atoms with Gasteiger partial charge in [-0.05, 0) is 38.1 Å². The van der Waals surface area contributed by atoms with E-state index in [1.54, 1.807) is 0 Å². The van der Waals surface area contributed by atoms with Crippen LogP contribution < -0.4 is 5.73 Å². The molecule has 1 rings (SSSR count). The molecule has 0 aromatic carbocycles. The van der Waals surface area contributed by atoms with Gasteiger partial charge >= 0.3 is 0 Å². The van der Waals surface area contributed by atoms with Gasteiger partial charge in [-0.2, -0.15) is 0 Å². The molecule has 0 aliphatic carbocycles. The SMILES string of the molecule is CC(CN)CC(=O)N1CCC(C(C)O)CC1. The zero-order chi connectivity index (χ0) is 12.1. The van der Waals surface area contributed by atoms with Crippen molar-refractivity contribution in [3.8, 4) is 0 Å². The first kappa shape index (κ1) is 13.5. The molecule has 1 aliphatic rings. The van der Waals surface area contributed by atoms with Crippen molar-refractivity contribution in [3.05, 3.63) is 0 Å². The number of aliphatic hydroxyl groups is 1. The van der Waals surface area contributed by atoms with E-state index in [0.717, 1.165) is 25.9 Å². The minimum absolute atomic E-state index is 0.210. The first-order valence-corrected chi connectivity index (χ1v) is 6.20. The maximum absolute atomic E-state index is 11.9. The summed E-state index contributed by atoms with van der Waals surface area (Å²) in [5, 5.41) is 9.47.